The molecule has 29 heavy (non-hydrogen) atoms. The van der Waals surface area contributed by atoms with Crippen LogP contribution in [0.4, 0.5) is 0 Å². The van der Waals surface area contributed by atoms with Gasteiger partial charge in [0.25, 0.3) is 5.91 Å². The molecule has 1 amide bonds. The summed E-state index contributed by atoms with van der Waals surface area (Å²) in [4.78, 5) is 23.6. The highest BCUT2D eigenvalue weighted by Gasteiger charge is 2.40. The van der Waals surface area contributed by atoms with E-state index < -0.39 is 0 Å². The quantitative estimate of drug-likeness (QED) is 0.660. The molecule has 150 valence electrons. The van der Waals surface area contributed by atoms with Crippen LogP contribution in [0.3, 0.4) is 0 Å². The predicted octanol–water partition coefficient (Wildman–Crippen LogP) is 3.90. The maximum atomic E-state index is 13.0. The van der Waals surface area contributed by atoms with E-state index in [1.807, 2.05) is 43.6 Å². The van der Waals surface area contributed by atoms with E-state index in [-0.39, 0.29) is 5.91 Å². The normalized spacial score (nSPS) is 21.0. The van der Waals surface area contributed by atoms with Crippen LogP contribution < -0.4 is 0 Å². The van der Waals surface area contributed by atoms with Gasteiger partial charge in [-0.25, -0.2) is 4.98 Å². The molecule has 2 aliphatic heterocycles. The number of amides is 1. The van der Waals surface area contributed by atoms with Gasteiger partial charge in [-0.1, -0.05) is 36.4 Å². The molecular weight excluding hydrogens is 380 g/mol. The van der Waals surface area contributed by atoms with Crippen molar-refractivity contribution < 1.29 is 4.79 Å². The topological polar surface area (TPSA) is 41.4 Å². The summed E-state index contributed by atoms with van der Waals surface area (Å²) in [5.41, 5.74) is 2.80. The van der Waals surface area contributed by atoms with E-state index in [0.29, 0.717) is 17.8 Å². The molecule has 0 N–H and O–H groups in total. The Morgan fingerprint density at radius 3 is 2.66 bits per heavy atom. The van der Waals surface area contributed by atoms with Crippen molar-refractivity contribution in [1.29, 1.82) is 0 Å². The van der Waals surface area contributed by atoms with Crippen molar-refractivity contribution >= 4 is 17.2 Å². The first-order valence-electron chi connectivity index (χ1n) is 10.3. The minimum absolute atomic E-state index is 0.00138. The van der Waals surface area contributed by atoms with Crippen molar-refractivity contribution in [3.63, 3.8) is 0 Å². The molecule has 5 rings (SSSR count). The van der Waals surface area contributed by atoms with Crippen LogP contribution in [0.1, 0.15) is 33.9 Å². The van der Waals surface area contributed by atoms with Gasteiger partial charge in [0.2, 0.25) is 0 Å². The van der Waals surface area contributed by atoms with Crippen LogP contribution in [0, 0.1) is 0 Å². The molecular formula is C23H26N4OS. The third-order valence-electron chi connectivity index (χ3n) is 6.23. The highest BCUT2D eigenvalue weighted by Crippen LogP contribution is 2.37. The van der Waals surface area contributed by atoms with Crippen LogP contribution in [0.2, 0.25) is 0 Å². The van der Waals surface area contributed by atoms with Crippen LogP contribution in [-0.4, -0.2) is 51.4 Å². The molecule has 2 aliphatic rings. The molecule has 2 aromatic heterocycles. The minimum Gasteiger partial charge on any atom is -0.343 e. The number of rotatable bonds is 4. The lowest BCUT2D eigenvalue weighted by Gasteiger charge is -2.27. The molecule has 1 saturated heterocycles. The number of aromatic nitrogens is 2. The summed E-state index contributed by atoms with van der Waals surface area (Å²) in [6.07, 6.45) is 3.28. The van der Waals surface area contributed by atoms with Gasteiger partial charge in [0, 0.05) is 56.1 Å². The molecule has 5 nitrogen and oxygen atoms in total. The molecule has 4 heterocycles. The van der Waals surface area contributed by atoms with Gasteiger partial charge < -0.3 is 9.47 Å². The van der Waals surface area contributed by atoms with Crippen LogP contribution in [0.25, 0.3) is 11.4 Å². The average Bonchev–Trinajstić information content (AvgIpc) is 3.41. The first-order valence-corrected chi connectivity index (χ1v) is 11.1. The zero-order chi connectivity index (χ0) is 20.0. The van der Waals surface area contributed by atoms with E-state index in [0.717, 1.165) is 36.6 Å². The van der Waals surface area contributed by atoms with Crippen molar-refractivity contribution in [2.45, 2.75) is 44.4 Å². The Bertz CT molecular complexity index is 1010. The fourth-order valence-corrected chi connectivity index (χ4v) is 5.50. The second-order valence-electron chi connectivity index (χ2n) is 8.25. The molecule has 0 saturated carbocycles. The SMILES string of the molecule is CN(C)C(=O)c1nc(-c2ccccc2)n2c1C[C@@H]1CC[C@H](C2)N1Cc1cccs1. The summed E-state index contributed by atoms with van der Waals surface area (Å²) in [7, 11) is 3.62. The van der Waals surface area contributed by atoms with E-state index in [1.54, 1.807) is 4.90 Å². The van der Waals surface area contributed by atoms with Crippen molar-refractivity contribution in [2.24, 2.45) is 0 Å². The molecule has 1 aromatic carbocycles. The number of imidazole rings is 1. The first-order chi connectivity index (χ1) is 14.1. The molecule has 6 heteroatoms. The summed E-state index contributed by atoms with van der Waals surface area (Å²) in [5.74, 6) is 0.924. The van der Waals surface area contributed by atoms with Crippen LogP contribution in [0.15, 0.2) is 47.8 Å². The van der Waals surface area contributed by atoms with Gasteiger partial charge in [0.15, 0.2) is 0 Å². The van der Waals surface area contributed by atoms with Crippen LogP contribution in [0.5, 0.6) is 0 Å². The second-order valence-corrected chi connectivity index (χ2v) is 9.28. The zero-order valence-electron chi connectivity index (χ0n) is 16.9. The Morgan fingerprint density at radius 2 is 1.93 bits per heavy atom. The summed E-state index contributed by atoms with van der Waals surface area (Å²) in [5, 5.41) is 2.16. The van der Waals surface area contributed by atoms with Gasteiger partial charge in [-0.2, -0.15) is 0 Å². The molecule has 2 bridgehead atoms. The largest absolute Gasteiger partial charge is 0.343 e. The molecule has 0 radical (unpaired) electrons. The third kappa shape index (κ3) is 3.30. The smallest absolute Gasteiger partial charge is 0.273 e. The monoisotopic (exact) mass is 406 g/mol. The highest BCUT2D eigenvalue weighted by atomic mass is 32.1. The Morgan fingerprint density at radius 1 is 1.14 bits per heavy atom. The Hall–Kier alpha value is -2.44. The van der Waals surface area contributed by atoms with Gasteiger partial charge in [-0.05, 0) is 24.3 Å². The maximum Gasteiger partial charge on any atom is 0.273 e. The van der Waals surface area contributed by atoms with Crippen molar-refractivity contribution in [3.8, 4) is 11.4 Å². The Labute approximate surface area is 175 Å². The summed E-state index contributed by atoms with van der Waals surface area (Å²) >= 11 is 1.83. The summed E-state index contributed by atoms with van der Waals surface area (Å²) in [6, 6.07) is 15.6. The number of thiophene rings is 1. The van der Waals surface area contributed by atoms with Gasteiger partial charge in [0.1, 0.15) is 11.5 Å². The van der Waals surface area contributed by atoms with Crippen molar-refractivity contribution in [3.05, 3.63) is 64.1 Å². The number of carbonyl (C=O) groups excluding carboxylic acids is 1. The van der Waals surface area contributed by atoms with E-state index in [1.165, 1.54) is 17.7 Å². The maximum absolute atomic E-state index is 13.0. The first kappa shape index (κ1) is 18.6. The summed E-state index contributed by atoms with van der Waals surface area (Å²) < 4.78 is 2.33. The average molecular weight is 407 g/mol. The van der Waals surface area contributed by atoms with Crippen molar-refractivity contribution in [1.82, 2.24) is 19.4 Å². The number of benzene rings is 1. The van der Waals surface area contributed by atoms with Gasteiger partial charge in [-0.3, -0.25) is 9.69 Å². The molecule has 2 atom stereocenters. The van der Waals surface area contributed by atoms with E-state index in [4.69, 9.17) is 4.98 Å². The van der Waals surface area contributed by atoms with Gasteiger partial charge >= 0.3 is 0 Å². The lowest BCUT2D eigenvalue weighted by atomic mass is 10.1. The Balaban J connectivity index is 1.57. The minimum atomic E-state index is -0.00138. The predicted molar refractivity (Wildman–Crippen MR) is 116 cm³/mol. The lowest BCUT2D eigenvalue weighted by molar-refractivity contribution is 0.0821. The van der Waals surface area contributed by atoms with E-state index in [9.17, 15) is 4.79 Å². The third-order valence-corrected chi connectivity index (χ3v) is 7.09. The second kappa shape index (κ2) is 7.43. The molecule has 0 unspecified atom stereocenters. The Kier molecular flexibility index (Phi) is 4.76. The fourth-order valence-electron chi connectivity index (χ4n) is 4.79. The molecule has 0 spiro atoms. The van der Waals surface area contributed by atoms with Gasteiger partial charge in [-0.15, -0.1) is 11.3 Å². The number of hydrogen-bond acceptors (Lipinski definition) is 4. The molecule has 1 fully saturated rings. The van der Waals surface area contributed by atoms with Gasteiger partial charge in [0.05, 0.1) is 5.69 Å². The molecule has 0 aliphatic carbocycles. The molecule has 3 aromatic rings. The van der Waals surface area contributed by atoms with E-state index in [2.05, 4.69) is 39.1 Å². The highest BCUT2D eigenvalue weighted by molar-refractivity contribution is 7.09. The fraction of sp³-hybridized carbons (Fsp3) is 0.391. The lowest BCUT2D eigenvalue weighted by Crippen LogP contribution is -2.36. The van der Waals surface area contributed by atoms with Crippen LogP contribution in [-0.2, 0) is 19.5 Å². The number of carbonyl (C=O) groups is 1. The number of fused-ring (bicyclic) bond motifs is 3. The van der Waals surface area contributed by atoms with Crippen molar-refractivity contribution in [2.75, 3.05) is 14.1 Å². The zero-order valence-corrected chi connectivity index (χ0v) is 17.7. The number of hydrogen-bond donors (Lipinski definition) is 0. The standard InChI is InChI=1S/C23H26N4OS/c1-25(2)23(28)21-20-13-17-10-11-18(26(17)15-19-9-6-12-29-19)14-27(20)22(24-21)16-7-4-3-5-8-16/h3-9,12,17-18H,10-11,13-15H2,1-2H3/t17-,18+/m0/s1. The van der Waals surface area contributed by atoms with E-state index >= 15 is 0 Å². The summed E-state index contributed by atoms with van der Waals surface area (Å²) in [6.45, 7) is 1.90. The van der Waals surface area contributed by atoms with Crippen LogP contribution >= 0.6 is 11.3 Å². The number of nitrogens with zero attached hydrogens (tertiary/aromatic N) is 4.